The van der Waals surface area contributed by atoms with Crippen LogP contribution in [0.25, 0.3) is 0 Å². The van der Waals surface area contributed by atoms with Crippen molar-refractivity contribution in [2.45, 2.75) is 45.4 Å². The van der Waals surface area contributed by atoms with Crippen LogP contribution in [0, 0.1) is 0 Å². The van der Waals surface area contributed by atoms with Gasteiger partial charge in [-0.3, -0.25) is 14.7 Å². The first-order valence-electron chi connectivity index (χ1n) is 6.51. The van der Waals surface area contributed by atoms with Gasteiger partial charge in [0.15, 0.2) is 0 Å². The predicted octanol–water partition coefficient (Wildman–Crippen LogP) is 0.689. The smallest absolute Gasteiger partial charge is 0.326 e. The van der Waals surface area contributed by atoms with Gasteiger partial charge in [-0.25, -0.2) is 4.98 Å². The number of ether oxygens (including phenoxy) is 2. The number of carbonyl (C=O) groups is 2. The number of hydrogen-bond donors (Lipinski definition) is 1. The molecular weight excluding hydrogens is 293 g/mol. The van der Waals surface area contributed by atoms with E-state index in [1.54, 1.807) is 10.8 Å². The number of aromatic nitrogens is 2. The monoisotopic (exact) mass is 315 g/mol. The fraction of sp³-hybridized carbons (Fsp3) is 0.615. The molecule has 1 rings (SSSR count). The van der Waals surface area contributed by atoms with Crippen LogP contribution >= 0.6 is 9.39 Å². The SMILES string of the molecule is COC(=O)[C@H](Cc1cn(CC(=O)OC(C)(C)C)cn1)NP. The van der Waals surface area contributed by atoms with Crippen LogP contribution in [0.4, 0.5) is 0 Å². The Kier molecular flexibility index (Phi) is 6.30. The highest BCUT2D eigenvalue weighted by atomic mass is 31.0. The van der Waals surface area contributed by atoms with E-state index in [2.05, 4.69) is 24.2 Å². The van der Waals surface area contributed by atoms with E-state index in [4.69, 9.17) is 4.74 Å². The third-order valence-electron chi connectivity index (χ3n) is 2.52. The van der Waals surface area contributed by atoms with E-state index < -0.39 is 11.6 Å². The van der Waals surface area contributed by atoms with Gasteiger partial charge in [-0.1, -0.05) is 9.39 Å². The number of nitrogens with one attached hydrogen (secondary N) is 1. The van der Waals surface area contributed by atoms with Gasteiger partial charge in [0.1, 0.15) is 18.2 Å². The first-order valence-corrected chi connectivity index (χ1v) is 7.09. The number of rotatable bonds is 6. The summed E-state index contributed by atoms with van der Waals surface area (Å²) in [6.45, 7) is 5.53. The second kappa shape index (κ2) is 7.52. The number of hydrogen-bond acceptors (Lipinski definition) is 6. The van der Waals surface area contributed by atoms with E-state index in [1.165, 1.54) is 13.4 Å². The molecule has 0 bridgehead atoms. The maximum Gasteiger partial charge on any atom is 0.326 e. The van der Waals surface area contributed by atoms with E-state index in [-0.39, 0.29) is 18.5 Å². The molecule has 0 saturated carbocycles. The summed E-state index contributed by atoms with van der Waals surface area (Å²) in [5, 5.41) is 2.78. The van der Waals surface area contributed by atoms with Crippen LogP contribution in [0.2, 0.25) is 0 Å². The zero-order valence-corrected chi connectivity index (χ0v) is 13.9. The summed E-state index contributed by atoms with van der Waals surface area (Å²) in [7, 11) is 3.61. The topological polar surface area (TPSA) is 82.5 Å². The lowest BCUT2D eigenvalue weighted by Gasteiger charge is -2.19. The summed E-state index contributed by atoms with van der Waals surface area (Å²) in [5.41, 5.74) is 0.170. The fourth-order valence-electron chi connectivity index (χ4n) is 1.68. The van der Waals surface area contributed by atoms with Crippen LogP contribution in [0.3, 0.4) is 0 Å². The van der Waals surface area contributed by atoms with E-state index >= 15 is 0 Å². The van der Waals surface area contributed by atoms with Gasteiger partial charge < -0.3 is 14.0 Å². The predicted molar refractivity (Wildman–Crippen MR) is 80.4 cm³/mol. The molecule has 1 N–H and O–H groups in total. The number of methoxy groups -OCH3 is 1. The molecule has 0 aliphatic rings. The minimum atomic E-state index is -0.514. The molecule has 1 unspecified atom stereocenters. The van der Waals surface area contributed by atoms with Gasteiger partial charge in [-0.15, -0.1) is 0 Å². The van der Waals surface area contributed by atoms with Crippen LogP contribution in [0.1, 0.15) is 26.5 Å². The second-order valence-corrected chi connectivity index (χ2v) is 5.90. The second-order valence-electron chi connectivity index (χ2n) is 5.57. The normalized spacial score (nSPS) is 12.8. The Balaban J connectivity index is 2.61. The van der Waals surface area contributed by atoms with Gasteiger partial charge in [0.2, 0.25) is 0 Å². The molecule has 118 valence electrons. The van der Waals surface area contributed by atoms with Gasteiger partial charge in [0, 0.05) is 12.6 Å². The molecule has 0 spiro atoms. The zero-order valence-electron chi connectivity index (χ0n) is 12.8. The third kappa shape index (κ3) is 6.23. The van der Waals surface area contributed by atoms with Gasteiger partial charge in [-0.05, 0) is 20.8 Å². The van der Waals surface area contributed by atoms with Gasteiger partial charge in [-0.2, -0.15) is 0 Å². The summed E-state index contributed by atoms with van der Waals surface area (Å²) in [6, 6.07) is -0.495. The molecule has 0 aliphatic carbocycles. The van der Waals surface area contributed by atoms with Gasteiger partial charge >= 0.3 is 11.9 Å². The first kappa shape index (κ1) is 17.6. The van der Waals surface area contributed by atoms with Crippen molar-refractivity contribution in [3.63, 3.8) is 0 Å². The molecule has 1 aromatic heterocycles. The van der Waals surface area contributed by atoms with Crippen LogP contribution < -0.4 is 5.09 Å². The minimum absolute atomic E-state index is 0.0848. The van der Waals surface area contributed by atoms with Crippen molar-refractivity contribution in [2.24, 2.45) is 0 Å². The van der Waals surface area contributed by atoms with Crippen molar-refractivity contribution in [2.75, 3.05) is 7.11 Å². The Morgan fingerprint density at radius 1 is 1.48 bits per heavy atom. The van der Waals surface area contributed by atoms with Crippen molar-refractivity contribution in [3.8, 4) is 0 Å². The fourth-order valence-corrected chi connectivity index (χ4v) is 1.94. The standard InChI is InChI=1S/C13H22N3O4P/c1-13(2,3)20-11(17)7-16-6-9(14-8-16)5-10(15-21)12(18)19-4/h6,8,10,15H,5,7,21H2,1-4H3/t10-/m0/s1. The molecule has 0 saturated heterocycles. The minimum Gasteiger partial charge on any atom is -0.468 e. The summed E-state index contributed by atoms with van der Waals surface area (Å²) >= 11 is 0. The van der Waals surface area contributed by atoms with E-state index in [1.807, 2.05) is 20.8 Å². The molecule has 1 heterocycles. The van der Waals surface area contributed by atoms with Crippen LogP contribution in [0.5, 0.6) is 0 Å². The lowest BCUT2D eigenvalue weighted by molar-refractivity contribution is -0.155. The Morgan fingerprint density at radius 2 is 2.14 bits per heavy atom. The Labute approximate surface area is 126 Å². The summed E-state index contributed by atoms with van der Waals surface area (Å²) in [5.74, 6) is -0.702. The summed E-state index contributed by atoms with van der Waals surface area (Å²) in [4.78, 5) is 27.4. The average molecular weight is 315 g/mol. The van der Waals surface area contributed by atoms with E-state index in [0.717, 1.165) is 0 Å². The number of esters is 2. The van der Waals surface area contributed by atoms with E-state index in [9.17, 15) is 9.59 Å². The van der Waals surface area contributed by atoms with Crippen LogP contribution in [0.15, 0.2) is 12.5 Å². The Morgan fingerprint density at radius 3 is 2.67 bits per heavy atom. The highest BCUT2D eigenvalue weighted by molar-refractivity contribution is 7.13. The molecule has 2 atom stereocenters. The van der Waals surface area contributed by atoms with Crippen molar-refractivity contribution >= 4 is 21.3 Å². The van der Waals surface area contributed by atoms with Gasteiger partial charge in [0.05, 0.1) is 19.1 Å². The molecule has 1 aromatic rings. The van der Waals surface area contributed by atoms with Crippen molar-refractivity contribution in [1.82, 2.24) is 14.6 Å². The maximum absolute atomic E-state index is 11.7. The molecule has 7 nitrogen and oxygen atoms in total. The maximum atomic E-state index is 11.7. The highest BCUT2D eigenvalue weighted by Crippen LogP contribution is 2.09. The lowest BCUT2D eigenvalue weighted by Crippen LogP contribution is -2.33. The average Bonchev–Trinajstić information content (AvgIpc) is 2.79. The van der Waals surface area contributed by atoms with Crippen molar-refractivity contribution in [1.29, 1.82) is 0 Å². The van der Waals surface area contributed by atoms with Crippen LogP contribution in [-0.2, 0) is 32.0 Å². The lowest BCUT2D eigenvalue weighted by atomic mass is 10.2. The zero-order chi connectivity index (χ0) is 16.0. The summed E-state index contributed by atoms with van der Waals surface area (Å²) < 4.78 is 11.5. The molecule has 21 heavy (non-hydrogen) atoms. The number of carbonyl (C=O) groups excluding carboxylic acids is 2. The highest BCUT2D eigenvalue weighted by Gasteiger charge is 2.20. The first-order chi connectivity index (χ1) is 9.75. The number of imidazole rings is 1. The van der Waals surface area contributed by atoms with Crippen molar-refractivity contribution < 1.29 is 19.1 Å². The van der Waals surface area contributed by atoms with Crippen molar-refractivity contribution in [3.05, 3.63) is 18.2 Å². The third-order valence-corrected chi connectivity index (χ3v) is 2.92. The number of nitrogens with zero attached hydrogens (tertiary/aromatic N) is 2. The molecule has 0 radical (unpaired) electrons. The Bertz CT molecular complexity index is 496. The van der Waals surface area contributed by atoms with Crippen LogP contribution in [-0.4, -0.2) is 40.2 Å². The summed E-state index contributed by atoms with van der Waals surface area (Å²) in [6.07, 6.45) is 3.62. The van der Waals surface area contributed by atoms with E-state index in [0.29, 0.717) is 12.1 Å². The molecule has 0 aromatic carbocycles. The molecule has 0 aliphatic heterocycles. The largest absolute Gasteiger partial charge is 0.468 e. The quantitative estimate of drug-likeness (QED) is 0.614. The molecule has 0 amide bonds. The molecule has 8 heteroatoms. The van der Waals surface area contributed by atoms with Gasteiger partial charge in [0.25, 0.3) is 0 Å². The molecule has 0 fully saturated rings. The molecular formula is C13H22N3O4P. The Hall–Kier alpha value is -1.46.